The highest BCUT2D eigenvalue weighted by atomic mass is 35.5. The summed E-state index contributed by atoms with van der Waals surface area (Å²) in [5.41, 5.74) is -0.688. The zero-order chi connectivity index (χ0) is 19.1. The molecule has 27 heavy (non-hydrogen) atoms. The molecule has 0 bridgehead atoms. The number of aryl methyl sites for hydroxylation is 1. The van der Waals surface area contributed by atoms with E-state index >= 15 is 0 Å². The molecule has 3 rings (SSSR count). The number of hydrogen-bond acceptors (Lipinski definition) is 5. The van der Waals surface area contributed by atoms with Gasteiger partial charge in [-0.3, -0.25) is 9.36 Å². The van der Waals surface area contributed by atoms with Gasteiger partial charge < -0.3 is 9.88 Å². The van der Waals surface area contributed by atoms with Gasteiger partial charge in [-0.1, -0.05) is 23.7 Å². The van der Waals surface area contributed by atoms with Gasteiger partial charge in [-0.15, -0.1) is 12.4 Å². The average molecular weight is 435 g/mol. The number of aromatic nitrogens is 2. The van der Waals surface area contributed by atoms with E-state index in [0.29, 0.717) is 18.1 Å². The third-order valence-electron chi connectivity index (χ3n) is 4.43. The minimum Gasteiger partial charge on any atom is -0.313 e. The zero-order valence-corrected chi connectivity index (χ0v) is 17.1. The number of sulfonamides is 1. The second-order valence-corrected chi connectivity index (χ2v) is 8.44. The first kappa shape index (κ1) is 21.6. The molecule has 1 saturated heterocycles. The van der Waals surface area contributed by atoms with E-state index in [0.717, 1.165) is 20.9 Å². The lowest BCUT2D eigenvalue weighted by Crippen LogP contribution is -2.50. The Labute approximate surface area is 167 Å². The van der Waals surface area contributed by atoms with Gasteiger partial charge in [0, 0.05) is 44.9 Å². The fourth-order valence-corrected chi connectivity index (χ4v) is 5.01. The molecule has 1 unspecified atom stereocenters. The second-order valence-electron chi connectivity index (χ2n) is 6.14. The first-order valence-corrected chi connectivity index (χ1v) is 9.80. The summed E-state index contributed by atoms with van der Waals surface area (Å²) < 4.78 is 29.6. The fourth-order valence-electron chi connectivity index (χ4n) is 3.05. The van der Waals surface area contributed by atoms with Crippen LogP contribution in [0.1, 0.15) is 11.6 Å². The molecule has 1 aromatic heterocycles. The largest absolute Gasteiger partial charge is 0.330 e. The van der Waals surface area contributed by atoms with Gasteiger partial charge in [0.1, 0.15) is 0 Å². The molecule has 148 valence electrons. The summed E-state index contributed by atoms with van der Waals surface area (Å²) in [5.74, 6) is 0. The van der Waals surface area contributed by atoms with Crippen LogP contribution in [0.3, 0.4) is 0 Å². The Morgan fingerprint density at radius 1 is 1.22 bits per heavy atom. The summed E-state index contributed by atoms with van der Waals surface area (Å²) in [6.07, 6.45) is 1.08. The van der Waals surface area contributed by atoms with Crippen molar-refractivity contribution in [3.63, 3.8) is 0 Å². The van der Waals surface area contributed by atoms with Crippen molar-refractivity contribution in [3.05, 3.63) is 61.9 Å². The van der Waals surface area contributed by atoms with Gasteiger partial charge in [0.25, 0.3) is 15.6 Å². The number of piperazine rings is 1. The molecule has 1 aliphatic rings. The Kier molecular flexibility index (Phi) is 6.54. The van der Waals surface area contributed by atoms with Gasteiger partial charge in [-0.05, 0) is 17.7 Å². The van der Waals surface area contributed by atoms with Crippen LogP contribution in [0.2, 0.25) is 5.02 Å². The van der Waals surface area contributed by atoms with E-state index in [4.69, 9.17) is 11.6 Å². The minimum atomic E-state index is -4.11. The van der Waals surface area contributed by atoms with Crippen molar-refractivity contribution >= 4 is 34.0 Å². The molecule has 0 saturated carbocycles. The number of hydrogen-bond donors (Lipinski definition) is 1. The van der Waals surface area contributed by atoms with Gasteiger partial charge in [0.05, 0.1) is 6.04 Å². The highest BCUT2D eigenvalue weighted by Crippen LogP contribution is 2.29. The molecule has 1 aromatic carbocycles. The monoisotopic (exact) mass is 434 g/mol. The fraction of sp³-hybridized carbons (Fsp3) is 0.375. The van der Waals surface area contributed by atoms with E-state index in [1.165, 1.54) is 18.4 Å². The van der Waals surface area contributed by atoms with Crippen LogP contribution in [-0.4, -0.2) is 41.5 Å². The predicted molar refractivity (Wildman–Crippen MR) is 105 cm³/mol. The third-order valence-corrected chi connectivity index (χ3v) is 6.55. The van der Waals surface area contributed by atoms with Gasteiger partial charge in [0.2, 0.25) is 0 Å². The van der Waals surface area contributed by atoms with Crippen LogP contribution < -0.4 is 16.6 Å². The van der Waals surface area contributed by atoms with E-state index in [1.807, 2.05) is 0 Å². The normalized spacial score (nSPS) is 18.1. The average Bonchev–Trinajstić information content (AvgIpc) is 2.63. The lowest BCUT2D eigenvalue weighted by Gasteiger charge is -2.35. The van der Waals surface area contributed by atoms with Crippen molar-refractivity contribution in [3.8, 4) is 0 Å². The number of halogens is 2. The van der Waals surface area contributed by atoms with Gasteiger partial charge >= 0.3 is 5.69 Å². The Morgan fingerprint density at radius 2 is 1.93 bits per heavy atom. The summed E-state index contributed by atoms with van der Waals surface area (Å²) in [5, 5.41) is 3.67. The van der Waals surface area contributed by atoms with E-state index < -0.39 is 32.2 Å². The first-order chi connectivity index (χ1) is 12.2. The quantitative estimate of drug-likeness (QED) is 0.758. The molecule has 1 N–H and O–H groups in total. The summed E-state index contributed by atoms with van der Waals surface area (Å²) >= 11 is 6.05. The first-order valence-electron chi connectivity index (χ1n) is 7.98. The molecule has 8 nitrogen and oxygen atoms in total. The maximum atomic E-state index is 13.2. The Hall–Kier alpha value is -1.65. The standard InChI is InChI=1S/C16H19ClN4O4S.ClH/c1-19-10-14(15(22)20(2)16(19)23)26(24,25)21-7-6-18-9-13(21)11-4-3-5-12(17)8-11;/h3-5,8,10,13,18H,6-7,9H2,1-2H3;1H. The van der Waals surface area contributed by atoms with Crippen molar-refractivity contribution in [2.24, 2.45) is 14.1 Å². The van der Waals surface area contributed by atoms with Crippen molar-refractivity contribution in [2.45, 2.75) is 10.9 Å². The lowest BCUT2D eigenvalue weighted by atomic mass is 10.1. The molecule has 0 radical (unpaired) electrons. The van der Waals surface area contributed by atoms with Crippen molar-refractivity contribution < 1.29 is 8.42 Å². The number of benzene rings is 1. The molecule has 2 heterocycles. The van der Waals surface area contributed by atoms with Crippen LogP contribution >= 0.6 is 24.0 Å². The van der Waals surface area contributed by atoms with Crippen molar-refractivity contribution in [1.29, 1.82) is 0 Å². The second kappa shape index (κ2) is 8.15. The molecule has 1 fully saturated rings. The third kappa shape index (κ3) is 3.97. The molecule has 11 heteroatoms. The highest BCUT2D eigenvalue weighted by molar-refractivity contribution is 7.89. The molecule has 0 amide bonds. The molecular weight excluding hydrogens is 415 g/mol. The topological polar surface area (TPSA) is 93.4 Å². The molecule has 0 aliphatic carbocycles. The molecule has 2 aromatic rings. The van der Waals surface area contributed by atoms with Crippen LogP contribution in [0.5, 0.6) is 0 Å². The molecule has 0 spiro atoms. The minimum absolute atomic E-state index is 0. The summed E-state index contributed by atoms with van der Waals surface area (Å²) in [7, 11) is -1.44. The molecule has 1 aliphatic heterocycles. The van der Waals surface area contributed by atoms with Crippen LogP contribution in [-0.2, 0) is 24.1 Å². The summed E-state index contributed by atoms with van der Waals surface area (Å²) in [6, 6.07) is 6.46. The molecular formula is C16H20Cl2N4O4S. The van der Waals surface area contributed by atoms with Crippen molar-refractivity contribution in [2.75, 3.05) is 19.6 Å². The Bertz CT molecular complexity index is 1060. The summed E-state index contributed by atoms with van der Waals surface area (Å²) in [6.45, 7) is 1.06. The van der Waals surface area contributed by atoms with Crippen LogP contribution in [0.4, 0.5) is 0 Å². The van der Waals surface area contributed by atoms with Gasteiger partial charge in [-0.25, -0.2) is 13.2 Å². The van der Waals surface area contributed by atoms with Crippen LogP contribution in [0.15, 0.2) is 44.9 Å². The van der Waals surface area contributed by atoms with Crippen molar-refractivity contribution in [1.82, 2.24) is 18.8 Å². The van der Waals surface area contributed by atoms with E-state index in [9.17, 15) is 18.0 Å². The Balaban J connectivity index is 0.00000261. The maximum Gasteiger partial charge on any atom is 0.330 e. The number of rotatable bonds is 3. The van der Waals surface area contributed by atoms with E-state index in [1.54, 1.807) is 24.3 Å². The smallest absolute Gasteiger partial charge is 0.313 e. The number of nitrogens with one attached hydrogen (secondary N) is 1. The predicted octanol–water partition coefficient (Wildman–Crippen LogP) is 0.494. The van der Waals surface area contributed by atoms with E-state index in [2.05, 4.69) is 5.32 Å². The zero-order valence-electron chi connectivity index (χ0n) is 14.8. The SMILES string of the molecule is Cl.Cn1cc(S(=O)(=O)N2CCNCC2c2cccc(Cl)c2)c(=O)n(C)c1=O. The van der Waals surface area contributed by atoms with Gasteiger partial charge in [0.15, 0.2) is 4.90 Å². The number of nitrogens with zero attached hydrogens (tertiary/aromatic N) is 3. The van der Waals surface area contributed by atoms with Crippen LogP contribution in [0.25, 0.3) is 0 Å². The Morgan fingerprint density at radius 3 is 2.59 bits per heavy atom. The molecule has 1 atom stereocenters. The maximum absolute atomic E-state index is 13.2. The van der Waals surface area contributed by atoms with Crippen LogP contribution in [0, 0.1) is 0 Å². The van der Waals surface area contributed by atoms with E-state index in [-0.39, 0.29) is 19.0 Å². The lowest BCUT2D eigenvalue weighted by molar-refractivity contribution is 0.271. The highest BCUT2D eigenvalue weighted by Gasteiger charge is 2.36. The van der Waals surface area contributed by atoms with Gasteiger partial charge in [-0.2, -0.15) is 4.31 Å². The summed E-state index contributed by atoms with van der Waals surface area (Å²) in [4.78, 5) is 23.9.